The van der Waals surface area contributed by atoms with Gasteiger partial charge < -0.3 is 19.5 Å². The Morgan fingerprint density at radius 1 is 1.37 bits per heavy atom. The van der Waals surface area contributed by atoms with Crippen molar-refractivity contribution in [2.24, 2.45) is 5.92 Å². The average Bonchev–Trinajstić information content (AvgIpc) is 2.86. The smallest absolute Gasteiger partial charge is 0.0942 e. The number of hydrogen-bond donors (Lipinski definition) is 1. The molecule has 1 spiro atoms. The molecular formula is C15H27NO3. The Hall–Kier alpha value is -0.420. The quantitative estimate of drug-likeness (QED) is 0.565. The van der Waals surface area contributed by atoms with Crippen LogP contribution in [0.4, 0.5) is 0 Å². The highest BCUT2D eigenvalue weighted by Crippen LogP contribution is 2.36. The van der Waals surface area contributed by atoms with Gasteiger partial charge in [-0.25, -0.2) is 0 Å². The molecule has 2 heterocycles. The molecule has 19 heavy (non-hydrogen) atoms. The van der Waals surface area contributed by atoms with Crippen LogP contribution in [0.5, 0.6) is 0 Å². The van der Waals surface area contributed by atoms with Gasteiger partial charge in [-0.3, -0.25) is 0 Å². The van der Waals surface area contributed by atoms with Crippen molar-refractivity contribution in [1.29, 1.82) is 0 Å². The van der Waals surface area contributed by atoms with Crippen molar-refractivity contribution in [1.82, 2.24) is 5.32 Å². The van der Waals surface area contributed by atoms with E-state index < -0.39 is 0 Å². The molecule has 0 aromatic heterocycles. The molecule has 0 saturated carbocycles. The number of allylic oxidation sites excluding steroid dienone is 1. The van der Waals surface area contributed by atoms with E-state index in [9.17, 15) is 0 Å². The van der Waals surface area contributed by atoms with Gasteiger partial charge in [0.2, 0.25) is 0 Å². The van der Waals surface area contributed by atoms with Crippen LogP contribution in [0.1, 0.15) is 25.7 Å². The normalized spacial score (nSPS) is 31.5. The zero-order valence-corrected chi connectivity index (χ0v) is 12.0. The Morgan fingerprint density at radius 3 is 3.11 bits per heavy atom. The fourth-order valence-corrected chi connectivity index (χ4v) is 2.87. The summed E-state index contributed by atoms with van der Waals surface area (Å²) in [7, 11) is 1.73. The molecule has 4 heteroatoms. The number of hydrogen-bond acceptors (Lipinski definition) is 4. The van der Waals surface area contributed by atoms with E-state index in [0.29, 0.717) is 5.92 Å². The molecule has 0 aromatic rings. The Kier molecular flexibility index (Phi) is 6.31. The lowest BCUT2D eigenvalue weighted by atomic mass is 9.85. The van der Waals surface area contributed by atoms with Gasteiger partial charge in [-0.2, -0.15) is 0 Å². The van der Waals surface area contributed by atoms with Crippen molar-refractivity contribution >= 4 is 0 Å². The minimum absolute atomic E-state index is 0.0317. The van der Waals surface area contributed by atoms with E-state index in [4.69, 9.17) is 14.2 Å². The zero-order chi connectivity index (χ0) is 13.4. The molecule has 0 aliphatic carbocycles. The third-order valence-electron chi connectivity index (χ3n) is 3.98. The Morgan fingerprint density at radius 2 is 2.32 bits per heavy atom. The van der Waals surface area contributed by atoms with Gasteiger partial charge >= 0.3 is 0 Å². The maximum atomic E-state index is 5.94. The molecule has 2 fully saturated rings. The maximum Gasteiger partial charge on any atom is 0.0942 e. The highest BCUT2D eigenvalue weighted by Gasteiger charge is 2.40. The number of ether oxygens (including phenoxy) is 3. The van der Waals surface area contributed by atoms with Crippen molar-refractivity contribution < 1.29 is 14.2 Å². The average molecular weight is 269 g/mol. The minimum Gasteiger partial charge on any atom is -0.383 e. The van der Waals surface area contributed by atoms with E-state index in [2.05, 4.69) is 17.5 Å². The highest BCUT2D eigenvalue weighted by molar-refractivity contribution is 4.98. The molecule has 1 N–H and O–H groups in total. The standard InChI is InChI=1S/C15H27NO3/c1-17-11-8-16-7-3-2-4-14-5-9-19-15(12-14)6-10-18-13-15/h2,4,14,16H,3,5-13H2,1H3. The van der Waals surface area contributed by atoms with Gasteiger partial charge in [-0.05, 0) is 31.7 Å². The first-order chi connectivity index (χ1) is 9.35. The molecular weight excluding hydrogens is 242 g/mol. The summed E-state index contributed by atoms with van der Waals surface area (Å²) in [6, 6.07) is 0. The van der Waals surface area contributed by atoms with E-state index in [1.54, 1.807) is 7.11 Å². The minimum atomic E-state index is 0.0317. The lowest BCUT2D eigenvalue weighted by molar-refractivity contribution is -0.0910. The van der Waals surface area contributed by atoms with E-state index in [1.807, 2.05) is 0 Å². The van der Waals surface area contributed by atoms with Gasteiger partial charge in [0.25, 0.3) is 0 Å². The van der Waals surface area contributed by atoms with Crippen LogP contribution >= 0.6 is 0 Å². The molecule has 4 nitrogen and oxygen atoms in total. The summed E-state index contributed by atoms with van der Waals surface area (Å²) in [5.74, 6) is 0.662. The van der Waals surface area contributed by atoms with Crippen LogP contribution in [0, 0.1) is 5.92 Å². The van der Waals surface area contributed by atoms with Crippen molar-refractivity contribution in [3.63, 3.8) is 0 Å². The summed E-state index contributed by atoms with van der Waals surface area (Å²) in [4.78, 5) is 0. The van der Waals surface area contributed by atoms with Gasteiger partial charge in [-0.1, -0.05) is 12.2 Å². The fraction of sp³-hybridized carbons (Fsp3) is 0.867. The molecule has 2 rings (SSSR count). The lowest BCUT2D eigenvalue weighted by Crippen LogP contribution is -2.39. The van der Waals surface area contributed by atoms with Crippen LogP contribution in [0.15, 0.2) is 12.2 Å². The van der Waals surface area contributed by atoms with Crippen LogP contribution in [0.3, 0.4) is 0 Å². The SMILES string of the molecule is COCCNCCC=CC1CCOC2(CCOC2)C1. The summed E-state index contributed by atoms with van der Waals surface area (Å²) >= 11 is 0. The Labute approximate surface area is 116 Å². The number of rotatable bonds is 7. The predicted octanol–water partition coefficient (Wildman–Crippen LogP) is 1.75. The summed E-state index contributed by atoms with van der Waals surface area (Å²) in [5.41, 5.74) is 0.0317. The van der Waals surface area contributed by atoms with E-state index in [1.165, 1.54) is 0 Å². The highest BCUT2D eigenvalue weighted by atomic mass is 16.6. The van der Waals surface area contributed by atoms with Crippen LogP contribution in [0.2, 0.25) is 0 Å². The molecule has 110 valence electrons. The fourth-order valence-electron chi connectivity index (χ4n) is 2.87. The molecule has 2 unspecified atom stereocenters. The first-order valence-electron chi connectivity index (χ1n) is 7.43. The molecule has 2 aliphatic heterocycles. The summed E-state index contributed by atoms with van der Waals surface area (Å²) in [6.45, 7) is 5.27. The van der Waals surface area contributed by atoms with E-state index >= 15 is 0 Å². The van der Waals surface area contributed by atoms with E-state index in [-0.39, 0.29) is 5.60 Å². The largest absolute Gasteiger partial charge is 0.383 e. The summed E-state index contributed by atoms with van der Waals surface area (Å²) < 4.78 is 16.4. The lowest BCUT2D eigenvalue weighted by Gasteiger charge is -2.36. The van der Waals surface area contributed by atoms with Crippen LogP contribution in [0.25, 0.3) is 0 Å². The molecule has 0 aromatic carbocycles. The first kappa shape index (κ1) is 15.0. The molecule has 0 amide bonds. The Balaban J connectivity index is 1.62. The maximum absolute atomic E-state index is 5.94. The third kappa shape index (κ3) is 4.88. The predicted molar refractivity (Wildman–Crippen MR) is 75.3 cm³/mol. The Bertz CT molecular complexity index is 275. The topological polar surface area (TPSA) is 39.7 Å². The van der Waals surface area contributed by atoms with Gasteiger partial charge in [0, 0.05) is 33.3 Å². The third-order valence-corrected chi connectivity index (χ3v) is 3.98. The second-order valence-electron chi connectivity index (χ2n) is 5.55. The summed E-state index contributed by atoms with van der Waals surface area (Å²) in [5, 5.41) is 3.35. The number of nitrogens with one attached hydrogen (secondary N) is 1. The first-order valence-corrected chi connectivity index (χ1v) is 7.43. The van der Waals surface area contributed by atoms with Crippen molar-refractivity contribution in [3.05, 3.63) is 12.2 Å². The van der Waals surface area contributed by atoms with Crippen molar-refractivity contribution in [2.75, 3.05) is 46.6 Å². The van der Waals surface area contributed by atoms with Crippen molar-refractivity contribution in [2.45, 2.75) is 31.3 Å². The molecule has 2 atom stereocenters. The second kappa shape index (κ2) is 8.00. The van der Waals surface area contributed by atoms with Gasteiger partial charge in [-0.15, -0.1) is 0 Å². The van der Waals surface area contributed by atoms with Gasteiger partial charge in [0.15, 0.2) is 0 Å². The molecule has 0 bridgehead atoms. The van der Waals surface area contributed by atoms with Gasteiger partial charge in [0.05, 0.1) is 18.8 Å². The van der Waals surface area contributed by atoms with Crippen LogP contribution in [-0.2, 0) is 14.2 Å². The second-order valence-corrected chi connectivity index (χ2v) is 5.55. The number of methoxy groups -OCH3 is 1. The monoisotopic (exact) mass is 269 g/mol. The van der Waals surface area contributed by atoms with E-state index in [0.717, 1.165) is 65.2 Å². The summed E-state index contributed by atoms with van der Waals surface area (Å²) in [6.07, 6.45) is 9.11. The van der Waals surface area contributed by atoms with Crippen molar-refractivity contribution in [3.8, 4) is 0 Å². The molecule has 2 saturated heterocycles. The zero-order valence-electron chi connectivity index (χ0n) is 12.0. The van der Waals surface area contributed by atoms with Crippen LogP contribution < -0.4 is 5.32 Å². The van der Waals surface area contributed by atoms with Gasteiger partial charge in [0.1, 0.15) is 0 Å². The van der Waals surface area contributed by atoms with Crippen LogP contribution in [-0.4, -0.2) is 52.2 Å². The molecule has 0 radical (unpaired) electrons. The molecule has 2 aliphatic rings.